The first-order valence-electron chi connectivity index (χ1n) is 4.15. The first-order valence-corrected chi connectivity index (χ1v) is 4.15. The van der Waals surface area contributed by atoms with Crippen molar-refractivity contribution < 1.29 is 14.3 Å². The van der Waals surface area contributed by atoms with Crippen LogP contribution in [0.3, 0.4) is 0 Å². The Morgan fingerprint density at radius 2 is 2.00 bits per heavy atom. The van der Waals surface area contributed by atoms with Crippen LogP contribution < -0.4 is 5.43 Å². The van der Waals surface area contributed by atoms with Crippen LogP contribution in [-0.4, -0.2) is 16.1 Å². The number of pyridine rings is 1. The van der Waals surface area contributed by atoms with Gasteiger partial charge in [-0.15, -0.1) is 0 Å². The number of aromatic nitrogens is 1. The number of rotatable bonds is 1. The Balaban J connectivity index is 2.95. The highest BCUT2D eigenvalue weighted by Gasteiger charge is 2.16. The monoisotopic (exact) mass is 207 g/mol. The summed E-state index contributed by atoms with van der Waals surface area (Å²) in [5, 5.41) is 8.78. The Morgan fingerprint density at radius 1 is 1.33 bits per heavy atom. The van der Waals surface area contributed by atoms with Crippen LogP contribution in [0, 0.1) is 5.82 Å². The fourth-order valence-electron chi connectivity index (χ4n) is 1.36. The van der Waals surface area contributed by atoms with Crippen LogP contribution in [-0.2, 0) is 0 Å². The number of benzene rings is 1. The van der Waals surface area contributed by atoms with E-state index in [1.165, 1.54) is 12.1 Å². The summed E-state index contributed by atoms with van der Waals surface area (Å²) in [7, 11) is 0. The largest absolute Gasteiger partial charge is 0.476 e. The van der Waals surface area contributed by atoms with Crippen LogP contribution in [0.5, 0.6) is 0 Å². The molecule has 5 heteroatoms. The second-order valence-corrected chi connectivity index (χ2v) is 2.99. The molecule has 76 valence electrons. The molecule has 0 aliphatic rings. The Labute approximate surface area is 83.0 Å². The lowest BCUT2D eigenvalue weighted by Gasteiger charge is -2.01. The van der Waals surface area contributed by atoms with Crippen molar-refractivity contribution in [2.45, 2.75) is 0 Å². The molecule has 0 atom stereocenters. The summed E-state index contributed by atoms with van der Waals surface area (Å²) in [6.45, 7) is 0. The number of carbonyl (C=O) groups is 1. The van der Waals surface area contributed by atoms with Crippen molar-refractivity contribution in [1.29, 1.82) is 0 Å². The van der Waals surface area contributed by atoms with Gasteiger partial charge in [0.25, 0.3) is 0 Å². The molecule has 1 aromatic carbocycles. The summed E-state index contributed by atoms with van der Waals surface area (Å²) in [5.41, 5.74) is -1.30. The first-order chi connectivity index (χ1) is 7.11. The third-order valence-electron chi connectivity index (χ3n) is 2.06. The van der Waals surface area contributed by atoms with Gasteiger partial charge in [-0.2, -0.15) is 0 Å². The molecule has 15 heavy (non-hydrogen) atoms. The van der Waals surface area contributed by atoms with E-state index in [0.717, 1.165) is 0 Å². The predicted molar refractivity (Wildman–Crippen MR) is 51.5 cm³/mol. The third-order valence-corrected chi connectivity index (χ3v) is 2.06. The molecule has 1 aromatic heterocycles. The minimum Gasteiger partial charge on any atom is -0.476 e. The van der Waals surface area contributed by atoms with Gasteiger partial charge in [-0.3, -0.25) is 4.79 Å². The second-order valence-electron chi connectivity index (χ2n) is 2.99. The van der Waals surface area contributed by atoms with Crippen molar-refractivity contribution in [2.24, 2.45) is 0 Å². The van der Waals surface area contributed by atoms with Gasteiger partial charge in [0, 0.05) is 5.39 Å². The zero-order chi connectivity index (χ0) is 11.0. The van der Waals surface area contributed by atoms with Gasteiger partial charge in [-0.25, -0.2) is 9.18 Å². The minimum atomic E-state index is -1.49. The molecule has 0 radical (unpaired) electrons. The van der Waals surface area contributed by atoms with Gasteiger partial charge in [0.05, 0.1) is 5.52 Å². The summed E-state index contributed by atoms with van der Waals surface area (Å²) in [5.74, 6) is -2.75. The Morgan fingerprint density at radius 3 is 2.67 bits per heavy atom. The van der Waals surface area contributed by atoms with Gasteiger partial charge in [-0.05, 0) is 12.1 Å². The molecule has 2 N–H and O–H groups in total. The summed E-state index contributed by atoms with van der Waals surface area (Å²) in [4.78, 5) is 24.4. The lowest BCUT2D eigenvalue weighted by atomic mass is 10.2. The van der Waals surface area contributed by atoms with Crippen LogP contribution in [0.2, 0.25) is 0 Å². The van der Waals surface area contributed by atoms with Gasteiger partial charge in [0.1, 0.15) is 0 Å². The number of aromatic amines is 1. The van der Waals surface area contributed by atoms with Crippen molar-refractivity contribution in [3.8, 4) is 0 Å². The summed E-state index contributed by atoms with van der Waals surface area (Å²) >= 11 is 0. The van der Waals surface area contributed by atoms with Gasteiger partial charge in [0.15, 0.2) is 5.69 Å². The van der Waals surface area contributed by atoms with Crippen molar-refractivity contribution in [3.05, 3.63) is 46.0 Å². The van der Waals surface area contributed by atoms with Crippen molar-refractivity contribution in [1.82, 2.24) is 4.98 Å². The predicted octanol–water partition coefficient (Wildman–Crippen LogP) is 1.37. The Hall–Kier alpha value is -2.17. The average Bonchev–Trinajstić information content (AvgIpc) is 2.23. The highest BCUT2D eigenvalue weighted by atomic mass is 19.1. The van der Waals surface area contributed by atoms with Crippen LogP contribution in [0.4, 0.5) is 4.39 Å². The van der Waals surface area contributed by atoms with E-state index in [2.05, 4.69) is 4.98 Å². The van der Waals surface area contributed by atoms with Gasteiger partial charge in [-0.1, -0.05) is 12.1 Å². The topological polar surface area (TPSA) is 70.2 Å². The maximum atomic E-state index is 13.3. The molecule has 0 bridgehead atoms. The maximum absolute atomic E-state index is 13.3. The van der Waals surface area contributed by atoms with E-state index in [1.54, 1.807) is 12.1 Å². The number of carboxylic acids is 1. The molecule has 0 aliphatic carbocycles. The number of carboxylic acid groups (broad SMARTS) is 1. The zero-order valence-corrected chi connectivity index (χ0v) is 7.45. The number of fused-ring (bicyclic) bond motifs is 1. The third kappa shape index (κ3) is 1.38. The highest BCUT2D eigenvalue weighted by Crippen LogP contribution is 2.10. The number of halogens is 1. The fourth-order valence-corrected chi connectivity index (χ4v) is 1.36. The number of hydrogen-bond donors (Lipinski definition) is 2. The quantitative estimate of drug-likeness (QED) is 0.741. The molecule has 0 spiro atoms. The van der Waals surface area contributed by atoms with E-state index >= 15 is 0 Å². The summed E-state index contributed by atoms with van der Waals surface area (Å²) < 4.78 is 13.3. The van der Waals surface area contributed by atoms with Crippen LogP contribution >= 0.6 is 0 Å². The van der Waals surface area contributed by atoms with E-state index in [-0.39, 0.29) is 5.39 Å². The molecule has 1 heterocycles. The van der Waals surface area contributed by atoms with E-state index in [9.17, 15) is 14.0 Å². The highest BCUT2D eigenvalue weighted by molar-refractivity contribution is 5.89. The molecule has 4 nitrogen and oxygen atoms in total. The molecule has 0 saturated heterocycles. The smallest absolute Gasteiger partial charge is 0.355 e. The molecule has 0 fully saturated rings. The zero-order valence-electron chi connectivity index (χ0n) is 7.45. The minimum absolute atomic E-state index is 0.139. The number of nitrogens with one attached hydrogen (secondary N) is 1. The van der Waals surface area contributed by atoms with Crippen molar-refractivity contribution in [3.63, 3.8) is 0 Å². The number of para-hydroxylation sites is 1. The summed E-state index contributed by atoms with van der Waals surface area (Å²) in [6, 6.07) is 6.16. The number of hydrogen-bond acceptors (Lipinski definition) is 2. The fraction of sp³-hybridized carbons (Fsp3) is 0. The Kier molecular flexibility index (Phi) is 2.00. The van der Waals surface area contributed by atoms with Crippen LogP contribution in [0.15, 0.2) is 29.1 Å². The lowest BCUT2D eigenvalue weighted by Crippen LogP contribution is -2.16. The van der Waals surface area contributed by atoms with Gasteiger partial charge in [0.2, 0.25) is 11.2 Å². The van der Waals surface area contributed by atoms with Gasteiger partial charge < -0.3 is 10.1 Å². The molecule has 2 rings (SSSR count). The summed E-state index contributed by atoms with van der Waals surface area (Å²) in [6.07, 6.45) is 0. The molecule has 0 saturated carbocycles. The second kappa shape index (κ2) is 3.20. The SMILES string of the molecule is O=C(O)c1[nH]c2ccccc2c(=O)c1F. The average molecular weight is 207 g/mol. The van der Waals surface area contributed by atoms with Crippen molar-refractivity contribution >= 4 is 16.9 Å². The van der Waals surface area contributed by atoms with E-state index < -0.39 is 22.9 Å². The molecular formula is C10H6FNO3. The molecule has 0 amide bonds. The molecule has 2 aromatic rings. The van der Waals surface area contributed by atoms with Crippen molar-refractivity contribution in [2.75, 3.05) is 0 Å². The normalized spacial score (nSPS) is 10.5. The van der Waals surface area contributed by atoms with Crippen LogP contribution in [0.25, 0.3) is 10.9 Å². The van der Waals surface area contributed by atoms with E-state index in [4.69, 9.17) is 5.11 Å². The standard InChI is InChI=1S/C10H6FNO3/c11-7-8(10(14)15)12-6-4-2-1-3-5(6)9(7)13/h1-4H,(H,12,13)(H,14,15). The van der Waals surface area contributed by atoms with E-state index in [0.29, 0.717) is 5.52 Å². The van der Waals surface area contributed by atoms with Crippen LogP contribution in [0.1, 0.15) is 10.5 Å². The number of aromatic carboxylic acids is 1. The first kappa shape index (κ1) is 9.39. The number of H-pyrrole nitrogens is 1. The Bertz CT molecular complexity index is 603. The lowest BCUT2D eigenvalue weighted by molar-refractivity contribution is 0.0685. The molecular weight excluding hydrogens is 201 g/mol. The van der Waals surface area contributed by atoms with E-state index in [1.807, 2.05) is 0 Å². The molecule has 0 aliphatic heterocycles. The maximum Gasteiger partial charge on any atom is 0.355 e. The molecule has 0 unspecified atom stereocenters. The van der Waals surface area contributed by atoms with Gasteiger partial charge >= 0.3 is 5.97 Å².